The zero-order chi connectivity index (χ0) is 78.9. The normalized spacial score (nSPS) is 23.8. The number of piperazine rings is 1. The number of hydrogen-bond donors (Lipinski definition) is 8. The number of carbonyl (C=O) groups excluding carboxylic acids is 2. The number of piperidine rings is 4. The van der Waals surface area contributed by atoms with E-state index in [1.165, 1.54) is 47.1 Å². The molecule has 606 valence electrons. The van der Waals surface area contributed by atoms with Gasteiger partial charge in [-0.25, -0.2) is 10.3 Å². The molecular formula is C70H131ClN20O15+2. The molecule has 6 aliphatic heterocycles. The maximum absolute atomic E-state index is 12.6. The van der Waals surface area contributed by atoms with Gasteiger partial charge < -0.3 is 51.5 Å². The largest absolute Gasteiger partial charge is 0.569 e. The molecular weight excluding hydrogens is 1400 g/mol. The van der Waals surface area contributed by atoms with Gasteiger partial charge in [0.1, 0.15) is 19.3 Å². The number of hydrazine groups is 1. The summed E-state index contributed by atoms with van der Waals surface area (Å²) in [5.41, 5.74) is -2.24. The highest BCUT2D eigenvalue weighted by atomic mass is 35.5. The van der Waals surface area contributed by atoms with Gasteiger partial charge in [-0.05, 0) is 226 Å². The van der Waals surface area contributed by atoms with Gasteiger partial charge in [-0.3, -0.25) is 19.3 Å². The number of carbonyl (C=O) groups is 2. The van der Waals surface area contributed by atoms with Crippen LogP contribution in [0.1, 0.15) is 242 Å². The van der Waals surface area contributed by atoms with E-state index >= 15 is 0 Å². The van der Waals surface area contributed by atoms with Crippen LogP contribution in [-0.4, -0.2) is 217 Å². The van der Waals surface area contributed by atoms with Gasteiger partial charge in [0.15, 0.2) is 7.05 Å². The maximum atomic E-state index is 12.6. The van der Waals surface area contributed by atoms with E-state index in [2.05, 4.69) is 118 Å². The molecule has 0 aromatic carbocycles. The Morgan fingerprint density at radius 3 is 1.61 bits per heavy atom. The summed E-state index contributed by atoms with van der Waals surface area (Å²) in [6.45, 7) is 55.9. The SMILES string of the molecule is C.C.CC1(C)CC(CO[N+](=O)[O-])C(C)(C)N1O.CC1(C)CC(NCCN2CCN(/[N+]([O-])=N/Oc3ccnc(Cl)n3)CC2)CC(C)(C)N1O.CC1CC(C)(C)N(O)C(C)(C)C1.C[n+]1onc(CNC2CC(C)(C)N(O)C(C)(C)C2)c1NC=O.[C-]#[N+]c1c(C(C)OC(=O)C2CC(C)(C)N(O)C(C)(C)C2)no[n+]1C. The van der Waals surface area contributed by atoms with Crippen LogP contribution < -0.4 is 30.3 Å². The topological polar surface area (TPSA) is 393 Å². The molecule has 3 aromatic rings. The molecule has 0 spiro atoms. The highest BCUT2D eigenvalue weighted by Gasteiger charge is 2.53. The minimum atomic E-state index is -0.789. The van der Waals surface area contributed by atoms with Crippen LogP contribution in [-0.2, 0) is 39.8 Å². The third-order valence-electron chi connectivity index (χ3n) is 20.8. The lowest BCUT2D eigenvalue weighted by Crippen LogP contribution is -2.62. The number of anilines is 1. The van der Waals surface area contributed by atoms with Crippen molar-refractivity contribution in [3.8, 4) is 5.88 Å². The van der Waals surface area contributed by atoms with E-state index in [9.17, 15) is 50.9 Å². The molecule has 2 unspecified atom stereocenters. The number of ether oxygens (including phenoxy) is 1. The highest BCUT2D eigenvalue weighted by Crippen LogP contribution is 2.45. The minimum absolute atomic E-state index is 0. The van der Waals surface area contributed by atoms with Crippen LogP contribution in [0, 0.1) is 39.6 Å². The predicted molar refractivity (Wildman–Crippen MR) is 393 cm³/mol. The van der Waals surface area contributed by atoms with Crippen LogP contribution in [0.4, 0.5) is 11.6 Å². The molecule has 106 heavy (non-hydrogen) atoms. The van der Waals surface area contributed by atoms with Crippen LogP contribution >= 0.6 is 11.6 Å². The summed E-state index contributed by atoms with van der Waals surface area (Å²) in [5, 5.41) is 102. The molecule has 1 amide bonds. The monoisotopic (exact) mass is 1530 g/mol. The zero-order valence-electron chi connectivity index (χ0n) is 66.0. The Hall–Kier alpha value is -6.24. The molecule has 6 fully saturated rings. The van der Waals surface area contributed by atoms with Crippen molar-refractivity contribution in [3.05, 3.63) is 55.7 Å². The van der Waals surface area contributed by atoms with E-state index in [4.69, 9.17) is 37.0 Å². The van der Waals surface area contributed by atoms with Crippen LogP contribution in [0.25, 0.3) is 4.85 Å². The first kappa shape index (κ1) is 94.0. The summed E-state index contributed by atoms with van der Waals surface area (Å²) < 4.78 is 18.2. The van der Waals surface area contributed by atoms with Gasteiger partial charge in [0.2, 0.25) is 21.9 Å². The van der Waals surface area contributed by atoms with Crippen LogP contribution in [0.3, 0.4) is 0 Å². The molecule has 6 aliphatic rings. The lowest BCUT2D eigenvalue weighted by atomic mass is 9.75. The second-order valence-corrected chi connectivity index (χ2v) is 35.1. The fourth-order valence-corrected chi connectivity index (χ4v) is 16.6. The molecule has 6 saturated heterocycles. The van der Waals surface area contributed by atoms with Gasteiger partial charge in [0.05, 0.1) is 42.7 Å². The molecule has 3 aromatic heterocycles. The Morgan fingerprint density at radius 1 is 0.717 bits per heavy atom. The first-order chi connectivity index (χ1) is 47.7. The number of halogens is 1. The Labute approximate surface area is 633 Å². The predicted octanol–water partition coefficient (Wildman–Crippen LogP) is 10.2. The molecule has 2 atom stereocenters. The molecule has 0 aliphatic carbocycles. The summed E-state index contributed by atoms with van der Waals surface area (Å²) in [7, 11) is 3.25. The van der Waals surface area contributed by atoms with Crippen molar-refractivity contribution in [1.29, 1.82) is 0 Å². The van der Waals surface area contributed by atoms with Gasteiger partial charge in [0.25, 0.3) is 17.4 Å². The summed E-state index contributed by atoms with van der Waals surface area (Å²) in [6.07, 6.45) is 8.57. The Morgan fingerprint density at radius 2 is 1.17 bits per heavy atom. The summed E-state index contributed by atoms with van der Waals surface area (Å²) in [6, 6.07) is 2.07. The molecule has 0 radical (unpaired) electrons. The first-order valence-corrected chi connectivity index (χ1v) is 36.0. The summed E-state index contributed by atoms with van der Waals surface area (Å²) in [4.78, 5) is 56.5. The van der Waals surface area contributed by atoms with Gasteiger partial charge in [-0.2, -0.15) is 35.1 Å². The van der Waals surface area contributed by atoms with Gasteiger partial charge in [-0.15, -0.1) is 24.4 Å². The van der Waals surface area contributed by atoms with Crippen molar-refractivity contribution in [3.63, 3.8) is 0 Å². The lowest BCUT2D eigenvalue weighted by Gasteiger charge is -2.51. The fraction of sp³-hybridized carbons (Fsp3) is 0.843. The third kappa shape index (κ3) is 24.6. The molecule has 8 N–H and O–H groups in total. The van der Waals surface area contributed by atoms with E-state index in [0.717, 1.165) is 64.7 Å². The van der Waals surface area contributed by atoms with Crippen molar-refractivity contribution < 1.29 is 78.8 Å². The fourth-order valence-electron chi connectivity index (χ4n) is 16.4. The second-order valence-electron chi connectivity index (χ2n) is 34.8. The van der Waals surface area contributed by atoms with Crippen molar-refractivity contribution in [2.45, 2.75) is 305 Å². The Bertz CT molecular complexity index is 3310. The first-order valence-electron chi connectivity index (χ1n) is 35.7. The maximum Gasteiger partial charge on any atom is 0.491 e. The van der Waals surface area contributed by atoms with Gasteiger partial charge in [-0.1, -0.05) is 26.5 Å². The van der Waals surface area contributed by atoms with Crippen molar-refractivity contribution >= 4 is 35.6 Å². The van der Waals surface area contributed by atoms with E-state index in [1.54, 1.807) is 26.0 Å². The highest BCUT2D eigenvalue weighted by molar-refractivity contribution is 6.28. The molecule has 0 bridgehead atoms. The number of amides is 1. The number of aromatic nitrogens is 6. The van der Waals surface area contributed by atoms with Crippen LogP contribution in [0.2, 0.25) is 5.28 Å². The Kier molecular flexibility index (Phi) is 32.8. The number of nitrogens with one attached hydrogen (secondary N) is 3. The van der Waals surface area contributed by atoms with Crippen LogP contribution in [0.5, 0.6) is 5.88 Å². The molecule has 36 heteroatoms. The molecule has 9 heterocycles. The molecule has 0 saturated carbocycles. The van der Waals surface area contributed by atoms with E-state index in [1.807, 2.05) is 83.1 Å². The number of aryl methyl sites for hydroxylation is 2. The second kappa shape index (κ2) is 37.0. The quantitative estimate of drug-likeness (QED) is 0.00857. The standard InChI is InChI=1S/C19H33ClN8O3.C16H25N4O4.C14H25N5O3.C10H21NO.C9H18N2O4.2CH4/c1-18(2)13-15(14-19(3,4)27(18)29)21-7-8-25-9-11-26(12-10-25)28(30)24-31-16-5-6-22-17(20)23-16;1-10(12-13(17-6)19(7)24-18-12)23-14(21)11-8-15(2,3)20(22)16(4,5)9-11;1-13(2)6-10(7-14(3,4)19(13)21)15-8-11-12(16-9-20)18(5)22-17-11;1-8-6-9(2,3)11(12)10(4,5)7-8;1-8(2)5-7(6-15-11(13)14)9(3,4)10(8)12;;/h5-6,15,21,29H,7-14H2,1-4H3;10-11,22H,8-9H2,1-5,7H3;9-10,15,21H,6-8H2,1-5H3;8,12H,6-7H2,1-5H3;7,12H,5-6H2,1-4H3;2*1H4/q;+1;;;;;/p+1/b28-24-;;;;;;. The van der Waals surface area contributed by atoms with Crippen molar-refractivity contribution in [1.82, 2.24) is 66.1 Å². The average molecular weight is 1530 g/mol. The molecule has 35 nitrogen and oxygen atoms in total. The Balaban J connectivity index is 0.000000354. The average Bonchev–Trinajstić information content (AvgIpc) is 1.29. The lowest BCUT2D eigenvalue weighted by molar-refractivity contribution is -0.842. The van der Waals surface area contributed by atoms with Crippen LogP contribution in [0.15, 0.2) is 26.8 Å². The van der Waals surface area contributed by atoms with E-state index < -0.39 is 27.8 Å². The third-order valence-corrected chi connectivity index (χ3v) is 21.0. The number of hydroxylamine groups is 10. The van der Waals surface area contributed by atoms with E-state index in [-0.39, 0.29) is 101 Å². The summed E-state index contributed by atoms with van der Waals surface area (Å²) >= 11 is 5.68. The van der Waals surface area contributed by atoms with E-state index in [0.29, 0.717) is 79.4 Å². The van der Waals surface area contributed by atoms with Gasteiger partial charge in [0, 0.05) is 117 Å². The number of rotatable bonds is 18. The number of esters is 1. The number of hydrogen-bond acceptors (Lipinski definition) is 28. The zero-order valence-corrected chi connectivity index (χ0v) is 66.8. The van der Waals surface area contributed by atoms with Gasteiger partial charge >= 0.3 is 17.6 Å². The summed E-state index contributed by atoms with van der Waals surface area (Å²) in [5.74, 6) is 0.836. The minimum Gasteiger partial charge on any atom is -0.569 e. The molecule has 9 rings (SSSR count). The number of nitrogens with zero attached hydrogens (tertiary/aromatic N) is 17. The smallest absolute Gasteiger partial charge is 0.491 e. The van der Waals surface area contributed by atoms with Crippen molar-refractivity contribution in [2.24, 2.45) is 37.1 Å². The van der Waals surface area contributed by atoms with Crippen molar-refractivity contribution in [2.75, 3.05) is 51.2 Å².